The number of fused-ring (bicyclic) bond motifs is 3. The predicted octanol–water partition coefficient (Wildman–Crippen LogP) is 1.54. The summed E-state index contributed by atoms with van der Waals surface area (Å²) in [6.07, 6.45) is 2.62. The van der Waals surface area contributed by atoms with Gasteiger partial charge in [0.2, 0.25) is 5.82 Å². The first-order chi connectivity index (χ1) is 16.5. The zero-order valence-electron chi connectivity index (χ0n) is 18.1. The fourth-order valence-corrected chi connectivity index (χ4v) is 4.58. The number of nitrogens with zero attached hydrogens (tertiary/aromatic N) is 7. The summed E-state index contributed by atoms with van der Waals surface area (Å²) >= 11 is 6.33. The summed E-state index contributed by atoms with van der Waals surface area (Å²) in [5.74, 6) is 0.249. The molecule has 0 radical (unpaired) electrons. The molecule has 34 heavy (non-hydrogen) atoms. The van der Waals surface area contributed by atoms with E-state index in [1.807, 2.05) is 0 Å². The SMILES string of the molecule is N#Cc1c(Cl)ccc2c1n(CCN1CCOCC1)c(=O)c1c(-c3nc(C4(O)CC4)no3)ncn12. The van der Waals surface area contributed by atoms with Crippen molar-refractivity contribution in [2.75, 3.05) is 32.8 Å². The molecule has 0 unspecified atom stereocenters. The van der Waals surface area contributed by atoms with Crippen LogP contribution in [0.2, 0.25) is 5.02 Å². The summed E-state index contributed by atoms with van der Waals surface area (Å²) < 4.78 is 14.0. The molecule has 1 aliphatic heterocycles. The van der Waals surface area contributed by atoms with E-state index >= 15 is 0 Å². The summed E-state index contributed by atoms with van der Waals surface area (Å²) in [7, 11) is 0. The van der Waals surface area contributed by atoms with Crippen LogP contribution in [-0.2, 0) is 16.9 Å². The normalized spacial score (nSPS) is 17.9. The molecule has 12 heteroatoms. The van der Waals surface area contributed by atoms with Crippen molar-refractivity contribution < 1.29 is 14.4 Å². The van der Waals surface area contributed by atoms with Gasteiger partial charge >= 0.3 is 0 Å². The molecule has 4 aromatic rings. The highest BCUT2D eigenvalue weighted by Crippen LogP contribution is 2.44. The molecule has 4 heterocycles. The molecule has 0 bridgehead atoms. The largest absolute Gasteiger partial charge is 0.382 e. The zero-order valence-corrected chi connectivity index (χ0v) is 18.8. The number of aliphatic hydroxyl groups is 1. The smallest absolute Gasteiger partial charge is 0.279 e. The zero-order chi connectivity index (χ0) is 23.4. The molecule has 0 amide bonds. The lowest BCUT2D eigenvalue weighted by atomic mass is 10.1. The molecule has 174 valence electrons. The predicted molar refractivity (Wildman–Crippen MR) is 120 cm³/mol. The minimum Gasteiger partial charge on any atom is -0.382 e. The van der Waals surface area contributed by atoms with Gasteiger partial charge in [-0.3, -0.25) is 14.1 Å². The van der Waals surface area contributed by atoms with Gasteiger partial charge in [-0.25, -0.2) is 4.98 Å². The quantitative estimate of drug-likeness (QED) is 0.450. The number of rotatable bonds is 5. The number of halogens is 1. The standard InChI is InChI=1S/C22H20ClN7O4/c23-14-1-2-15-17(13(14)11-24)29(6-5-28-7-9-33-10-8-28)20(31)18-16(25-12-30(15)18)19-26-21(27-34-19)22(32)3-4-22/h1-2,12,32H,3-10H2. The highest BCUT2D eigenvalue weighted by atomic mass is 35.5. The van der Waals surface area contributed by atoms with Crippen LogP contribution in [0.5, 0.6) is 0 Å². The third kappa shape index (κ3) is 3.30. The molecule has 2 aliphatic rings. The summed E-state index contributed by atoms with van der Waals surface area (Å²) in [6.45, 7) is 3.78. The van der Waals surface area contributed by atoms with Crippen LogP contribution in [0, 0.1) is 11.3 Å². The molecular weight excluding hydrogens is 462 g/mol. The monoisotopic (exact) mass is 481 g/mol. The van der Waals surface area contributed by atoms with Gasteiger partial charge in [0, 0.05) is 26.2 Å². The second-order valence-electron chi connectivity index (χ2n) is 8.58. The Hall–Kier alpha value is -3.30. The number of ether oxygens (including phenoxy) is 1. The van der Waals surface area contributed by atoms with Crippen LogP contribution < -0.4 is 5.56 Å². The number of hydrogen-bond donors (Lipinski definition) is 1. The Morgan fingerprint density at radius 3 is 2.74 bits per heavy atom. The second-order valence-corrected chi connectivity index (χ2v) is 8.99. The van der Waals surface area contributed by atoms with Gasteiger partial charge < -0.3 is 18.9 Å². The number of hydrogen-bond acceptors (Lipinski definition) is 9. The van der Waals surface area contributed by atoms with Crippen LogP contribution in [0.15, 0.2) is 27.8 Å². The number of benzene rings is 1. The Labute approximate surface area is 197 Å². The van der Waals surface area contributed by atoms with E-state index in [1.54, 1.807) is 21.1 Å². The van der Waals surface area contributed by atoms with Crippen molar-refractivity contribution in [3.63, 3.8) is 0 Å². The van der Waals surface area contributed by atoms with Gasteiger partial charge in [-0.05, 0) is 25.0 Å². The van der Waals surface area contributed by atoms with Gasteiger partial charge in [-0.15, -0.1) is 0 Å². The lowest BCUT2D eigenvalue weighted by molar-refractivity contribution is 0.0364. The average Bonchev–Trinajstić information content (AvgIpc) is 3.25. The molecular formula is C22H20ClN7O4. The van der Waals surface area contributed by atoms with Gasteiger partial charge in [0.1, 0.15) is 23.5 Å². The van der Waals surface area contributed by atoms with E-state index in [0.29, 0.717) is 50.2 Å². The average molecular weight is 482 g/mol. The van der Waals surface area contributed by atoms with E-state index in [1.165, 1.54) is 6.33 Å². The molecule has 3 aromatic heterocycles. The Bertz CT molecular complexity index is 1520. The highest BCUT2D eigenvalue weighted by Gasteiger charge is 2.47. The van der Waals surface area contributed by atoms with Crippen molar-refractivity contribution in [1.82, 2.24) is 29.0 Å². The van der Waals surface area contributed by atoms with Crippen LogP contribution in [0.1, 0.15) is 24.2 Å². The van der Waals surface area contributed by atoms with Crippen LogP contribution in [-0.4, -0.2) is 66.9 Å². The fraction of sp³-hybridized carbons (Fsp3) is 0.409. The lowest BCUT2D eigenvalue weighted by Crippen LogP contribution is -2.39. The Morgan fingerprint density at radius 2 is 2.00 bits per heavy atom. The number of imidazole rings is 1. The van der Waals surface area contributed by atoms with E-state index in [0.717, 1.165) is 13.1 Å². The van der Waals surface area contributed by atoms with Crippen molar-refractivity contribution in [2.24, 2.45) is 0 Å². The van der Waals surface area contributed by atoms with Crippen LogP contribution in [0.25, 0.3) is 28.1 Å². The van der Waals surface area contributed by atoms with Crippen molar-refractivity contribution in [1.29, 1.82) is 5.26 Å². The molecule has 1 aromatic carbocycles. The molecule has 1 aliphatic carbocycles. The molecule has 6 rings (SSSR count). The van der Waals surface area contributed by atoms with Crippen molar-refractivity contribution in [3.8, 4) is 17.7 Å². The maximum atomic E-state index is 13.8. The van der Waals surface area contributed by atoms with Gasteiger partial charge in [-0.2, -0.15) is 10.2 Å². The molecule has 1 N–H and O–H groups in total. The van der Waals surface area contributed by atoms with Crippen LogP contribution in [0.4, 0.5) is 0 Å². The minimum atomic E-state index is -1.07. The number of nitriles is 1. The first kappa shape index (κ1) is 21.2. The summed E-state index contributed by atoms with van der Waals surface area (Å²) in [4.78, 5) is 24.7. The molecule has 11 nitrogen and oxygen atoms in total. The number of morpholine rings is 1. The first-order valence-electron chi connectivity index (χ1n) is 11.0. The van der Waals surface area contributed by atoms with Crippen molar-refractivity contribution >= 4 is 28.2 Å². The summed E-state index contributed by atoms with van der Waals surface area (Å²) in [5, 5.41) is 24.3. The third-order valence-electron chi connectivity index (χ3n) is 6.47. The Kier molecular flexibility index (Phi) is 4.93. The van der Waals surface area contributed by atoms with Gasteiger partial charge in [-0.1, -0.05) is 16.8 Å². The van der Waals surface area contributed by atoms with Crippen molar-refractivity contribution in [2.45, 2.75) is 25.0 Å². The van der Waals surface area contributed by atoms with Gasteiger partial charge in [0.05, 0.1) is 34.8 Å². The summed E-state index contributed by atoms with van der Waals surface area (Å²) in [5.41, 5.74) is 0.339. The highest BCUT2D eigenvalue weighted by molar-refractivity contribution is 6.32. The Morgan fingerprint density at radius 1 is 1.21 bits per heavy atom. The maximum absolute atomic E-state index is 13.8. The molecule has 0 spiro atoms. The maximum Gasteiger partial charge on any atom is 0.279 e. The summed E-state index contributed by atoms with van der Waals surface area (Å²) in [6, 6.07) is 5.53. The van der Waals surface area contributed by atoms with Crippen LogP contribution >= 0.6 is 11.6 Å². The van der Waals surface area contributed by atoms with Crippen molar-refractivity contribution in [3.05, 3.63) is 45.2 Å². The Balaban J connectivity index is 1.55. The molecule has 1 saturated heterocycles. The van der Waals surface area contributed by atoms with E-state index in [2.05, 4.69) is 26.1 Å². The molecule has 0 atom stereocenters. The minimum absolute atomic E-state index is 0.0588. The van der Waals surface area contributed by atoms with E-state index in [-0.39, 0.29) is 39.1 Å². The first-order valence-corrected chi connectivity index (χ1v) is 11.4. The molecule has 1 saturated carbocycles. The van der Waals surface area contributed by atoms with Gasteiger partial charge in [0.15, 0.2) is 5.69 Å². The van der Waals surface area contributed by atoms with E-state index in [4.69, 9.17) is 20.9 Å². The van der Waals surface area contributed by atoms with Gasteiger partial charge in [0.25, 0.3) is 11.4 Å². The third-order valence-corrected chi connectivity index (χ3v) is 6.79. The second kappa shape index (κ2) is 7.89. The fourth-order valence-electron chi connectivity index (χ4n) is 4.38. The van der Waals surface area contributed by atoms with E-state index < -0.39 is 5.60 Å². The molecule has 2 fully saturated rings. The van der Waals surface area contributed by atoms with Crippen LogP contribution in [0.3, 0.4) is 0 Å². The topological polar surface area (TPSA) is 135 Å². The number of aromatic nitrogens is 5. The lowest BCUT2D eigenvalue weighted by Gasteiger charge is -2.27. The van der Waals surface area contributed by atoms with E-state index in [9.17, 15) is 15.2 Å².